The number of rotatable bonds is 0. The molecule has 0 amide bonds. The fraction of sp³-hybridized carbons (Fsp3) is 1.00. The minimum Gasteiger partial charge on any atom is -0.207 e. The highest BCUT2D eigenvalue weighted by atomic mass is 19.3. The maximum absolute atomic E-state index is 12.9. The summed E-state index contributed by atoms with van der Waals surface area (Å²) in [7, 11) is 0. The van der Waals surface area contributed by atoms with Crippen molar-refractivity contribution in [1.29, 1.82) is 0 Å². The lowest BCUT2D eigenvalue weighted by molar-refractivity contribution is -0.178. The highest BCUT2D eigenvalue weighted by Gasteiger charge is 2.57. The third-order valence-electron chi connectivity index (χ3n) is 4.54. The first kappa shape index (κ1) is 11.3. The van der Waals surface area contributed by atoms with Gasteiger partial charge in [-0.2, -0.15) is 0 Å². The molecule has 0 atom stereocenters. The van der Waals surface area contributed by atoms with Crippen LogP contribution in [0.25, 0.3) is 0 Å². The van der Waals surface area contributed by atoms with E-state index in [1.54, 1.807) is 0 Å². The zero-order chi connectivity index (χ0) is 11.3. The lowest BCUT2D eigenvalue weighted by Crippen LogP contribution is -2.48. The maximum Gasteiger partial charge on any atom is 0.249 e. The van der Waals surface area contributed by atoms with E-state index in [2.05, 4.69) is 20.8 Å². The van der Waals surface area contributed by atoms with Crippen LogP contribution >= 0.6 is 0 Å². The Bertz CT molecular complexity index is 232. The zero-order valence-electron chi connectivity index (χ0n) is 10.1. The van der Waals surface area contributed by atoms with Crippen LogP contribution in [0.15, 0.2) is 0 Å². The van der Waals surface area contributed by atoms with E-state index in [1.807, 2.05) is 0 Å². The smallest absolute Gasteiger partial charge is 0.207 e. The van der Waals surface area contributed by atoms with Crippen LogP contribution in [0, 0.1) is 16.7 Å². The van der Waals surface area contributed by atoms with Crippen molar-refractivity contribution in [3.8, 4) is 0 Å². The summed E-state index contributed by atoms with van der Waals surface area (Å²) in [5, 5.41) is 0. The van der Waals surface area contributed by atoms with Crippen LogP contribution in [0.4, 0.5) is 8.78 Å². The summed E-state index contributed by atoms with van der Waals surface area (Å²) in [5.74, 6) is -1.61. The molecule has 2 aliphatic carbocycles. The highest BCUT2D eigenvalue weighted by molar-refractivity contribution is 5.01. The Morgan fingerprint density at radius 3 is 1.80 bits per heavy atom. The Morgan fingerprint density at radius 2 is 1.47 bits per heavy atom. The Kier molecular flexibility index (Phi) is 2.40. The molecule has 0 N–H and O–H groups in total. The largest absolute Gasteiger partial charge is 0.249 e. The molecule has 0 aromatic heterocycles. The van der Waals surface area contributed by atoms with Gasteiger partial charge in [-0.15, -0.1) is 0 Å². The van der Waals surface area contributed by atoms with Crippen LogP contribution in [0.3, 0.4) is 0 Å². The molecule has 2 rings (SSSR count). The van der Waals surface area contributed by atoms with Gasteiger partial charge in [-0.1, -0.05) is 20.8 Å². The SMILES string of the molecule is CC(C)(C)C1CCC2(CC1)CC(F)(F)C2. The summed E-state index contributed by atoms with van der Waals surface area (Å²) in [6.45, 7) is 6.81. The van der Waals surface area contributed by atoms with Crippen LogP contribution in [-0.4, -0.2) is 5.92 Å². The van der Waals surface area contributed by atoms with E-state index >= 15 is 0 Å². The van der Waals surface area contributed by atoms with E-state index < -0.39 is 5.92 Å². The van der Waals surface area contributed by atoms with Crippen molar-refractivity contribution in [2.24, 2.45) is 16.7 Å². The van der Waals surface area contributed by atoms with Crippen molar-refractivity contribution in [3.63, 3.8) is 0 Å². The monoisotopic (exact) mass is 216 g/mol. The molecule has 0 aromatic rings. The Hall–Kier alpha value is -0.140. The summed E-state index contributed by atoms with van der Waals surface area (Å²) in [6, 6.07) is 0. The second kappa shape index (κ2) is 3.18. The van der Waals surface area contributed by atoms with E-state index in [4.69, 9.17) is 0 Å². The first-order valence-electron chi connectivity index (χ1n) is 6.10. The van der Waals surface area contributed by atoms with Crippen LogP contribution in [0.1, 0.15) is 59.3 Å². The van der Waals surface area contributed by atoms with E-state index in [0.29, 0.717) is 5.41 Å². The Balaban J connectivity index is 1.89. The first-order valence-corrected chi connectivity index (χ1v) is 6.10. The normalized spacial score (nSPS) is 30.2. The predicted octanol–water partition coefficient (Wildman–Crippen LogP) is 4.64. The van der Waals surface area contributed by atoms with Crippen molar-refractivity contribution < 1.29 is 8.78 Å². The Labute approximate surface area is 91.4 Å². The van der Waals surface area contributed by atoms with Gasteiger partial charge in [0.1, 0.15) is 0 Å². The molecule has 0 saturated heterocycles. The third kappa shape index (κ3) is 2.19. The number of alkyl halides is 2. The van der Waals surface area contributed by atoms with Crippen molar-refractivity contribution in [1.82, 2.24) is 0 Å². The molecule has 0 bridgehead atoms. The summed E-state index contributed by atoms with van der Waals surface area (Å²) < 4.78 is 25.8. The fourth-order valence-corrected chi connectivity index (χ4v) is 3.50. The van der Waals surface area contributed by atoms with Gasteiger partial charge in [0.2, 0.25) is 5.92 Å². The molecule has 2 heteroatoms. The molecule has 0 unspecified atom stereocenters. The molecule has 0 aromatic carbocycles. The molecule has 2 saturated carbocycles. The lowest BCUT2D eigenvalue weighted by atomic mass is 9.55. The van der Waals surface area contributed by atoms with Crippen molar-refractivity contribution in [2.75, 3.05) is 0 Å². The van der Waals surface area contributed by atoms with Crippen molar-refractivity contribution in [2.45, 2.75) is 65.2 Å². The molecule has 15 heavy (non-hydrogen) atoms. The average molecular weight is 216 g/mol. The van der Waals surface area contributed by atoms with Gasteiger partial charge in [0, 0.05) is 12.8 Å². The van der Waals surface area contributed by atoms with E-state index in [0.717, 1.165) is 31.6 Å². The van der Waals surface area contributed by atoms with E-state index in [1.165, 1.54) is 0 Å². The summed E-state index contributed by atoms with van der Waals surface area (Å²) in [4.78, 5) is 0. The molecule has 0 radical (unpaired) electrons. The Morgan fingerprint density at radius 1 is 1.00 bits per heavy atom. The van der Waals surface area contributed by atoms with Crippen molar-refractivity contribution in [3.05, 3.63) is 0 Å². The highest BCUT2D eigenvalue weighted by Crippen LogP contribution is 2.60. The van der Waals surface area contributed by atoms with Gasteiger partial charge in [-0.3, -0.25) is 0 Å². The zero-order valence-corrected chi connectivity index (χ0v) is 10.1. The predicted molar refractivity (Wildman–Crippen MR) is 58.0 cm³/mol. The standard InChI is InChI=1S/C13H22F2/c1-11(2,3)10-4-6-12(7-5-10)8-13(14,15)9-12/h10H,4-9H2,1-3H3. The fourth-order valence-electron chi connectivity index (χ4n) is 3.50. The van der Waals surface area contributed by atoms with Crippen LogP contribution < -0.4 is 0 Å². The molecular formula is C13H22F2. The molecule has 88 valence electrons. The maximum atomic E-state index is 12.9. The molecule has 0 aliphatic heterocycles. The van der Waals surface area contributed by atoms with Crippen molar-refractivity contribution >= 4 is 0 Å². The minimum atomic E-state index is -2.34. The van der Waals surface area contributed by atoms with Gasteiger partial charge >= 0.3 is 0 Å². The second-order valence-electron chi connectivity index (χ2n) is 6.85. The van der Waals surface area contributed by atoms with E-state index in [9.17, 15) is 8.78 Å². The summed E-state index contributed by atoms with van der Waals surface area (Å²) >= 11 is 0. The first-order chi connectivity index (χ1) is 6.73. The molecular weight excluding hydrogens is 194 g/mol. The second-order valence-corrected chi connectivity index (χ2v) is 6.85. The van der Waals surface area contributed by atoms with Crippen LogP contribution in [-0.2, 0) is 0 Å². The van der Waals surface area contributed by atoms with Crippen LogP contribution in [0.5, 0.6) is 0 Å². The van der Waals surface area contributed by atoms with Gasteiger partial charge < -0.3 is 0 Å². The summed E-state index contributed by atoms with van der Waals surface area (Å²) in [6.07, 6.45) is 4.70. The minimum absolute atomic E-state index is 0.0330. The summed E-state index contributed by atoms with van der Waals surface area (Å²) in [5.41, 5.74) is 0.388. The molecule has 0 nitrogen and oxygen atoms in total. The number of hydrogen-bond acceptors (Lipinski definition) is 0. The number of halogens is 2. The van der Waals surface area contributed by atoms with Gasteiger partial charge in [-0.25, -0.2) is 8.78 Å². The van der Waals surface area contributed by atoms with Gasteiger partial charge in [-0.05, 0) is 42.4 Å². The average Bonchev–Trinajstić information content (AvgIpc) is 1.99. The topological polar surface area (TPSA) is 0 Å². The van der Waals surface area contributed by atoms with E-state index in [-0.39, 0.29) is 18.3 Å². The lowest BCUT2D eigenvalue weighted by Gasteiger charge is -2.52. The molecule has 2 fully saturated rings. The molecule has 2 aliphatic rings. The third-order valence-corrected chi connectivity index (χ3v) is 4.54. The quantitative estimate of drug-likeness (QED) is 0.553. The van der Waals surface area contributed by atoms with Gasteiger partial charge in [0.15, 0.2) is 0 Å². The van der Waals surface area contributed by atoms with Crippen LogP contribution in [0.2, 0.25) is 0 Å². The number of hydrogen-bond donors (Lipinski definition) is 0. The van der Waals surface area contributed by atoms with Gasteiger partial charge in [0.05, 0.1) is 0 Å². The molecule has 1 spiro atoms. The molecule has 0 heterocycles. The van der Waals surface area contributed by atoms with Gasteiger partial charge in [0.25, 0.3) is 0 Å².